The molecule has 2 fully saturated rings. The van der Waals surface area contributed by atoms with Crippen LogP contribution in [0.5, 0.6) is 0 Å². The second-order valence-corrected chi connectivity index (χ2v) is 8.85. The molecule has 1 aromatic carbocycles. The average Bonchev–Trinajstić information content (AvgIpc) is 2.68. The minimum Gasteiger partial charge on any atom is -0.373 e. The predicted molar refractivity (Wildman–Crippen MR) is 101 cm³/mol. The summed E-state index contributed by atoms with van der Waals surface area (Å²) in [6, 6.07) is 6.17. The Morgan fingerprint density at radius 1 is 1.07 bits per heavy atom. The van der Waals surface area contributed by atoms with Gasteiger partial charge in [0.25, 0.3) is 5.91 Å². The van der Waals surface area contributed by atoms with Crippen LogP contribution in [0.15, 0.2) is 29.2 Å². The first-order valence-electron chi connectivity index (χ1n) is 9.60. The average molecular weight is 397 g/mol. The largest absolute Gasteiger partial charge is 0.373 e. The summed E-state index contributed by atoms with van der Waals surface area (Å²) in [6.07, 6.45) is 2.64. The molecule has 1 heterocycles. The van der Waals surface area contributed by atoms with Gasteiger partial charge in [0.05, 0.1) is 30.3 Å². The van der Waals surface area contributed by atoms with Gasteiger partial charge < -0.3 is 14.8 Å². The third kappa shape index (κ3) is 4.51. The van der Waals surface area contributed by atoms with E-state index >= 15 is 0 Å². The van der Waals surface area contributed by atoms with Crippen molar-refractivity contribution in [1.29, 1.82) is 0 Å². The molecule has 0 radical (unpaired) electrons. The van der Waals surface area contributed by atoms with Crippen molar-refractivity contribution in [2.75, 3.05) is 26.3 Å². The monoisotopic (exact) mass is 396 g/mol. The maximum atomic E-state index is 12.5. The second kappa shape index (κ2) is 8.68. The van der Waals surface area contributed by atoms with Gasteiger partial charge in [0.1, 0.15) is 0 Å². The molecule has 150 valence electrons. The molecule has 3 atom stereocenters. The zero-order chi connectivity index (χ0) is 19.4. The van der Waals surface area contributed by atoms with Gasteiger partial charge in [-0.3, -0.25) is 4.79 Å². The molecular formula is C19H28N2O5S. The van der Waals surface area contributed by atoms with Crippen molar-refractivity contribution in [2.24, 2.45) is 0 Å². The number of benzene rings is 1. The molecule has 1 saturated heterocycles. The summed E-state index contributed by atoms with van der Waals surface area (Å²) in [5, 5.41) is 3.04. The minimum absolute atomic E-state index is 0.0411. The van der Waals surface area contributed by atoms with Gasteiger partial charge in [0.2, 0.25) is 10.0 Å². The van der Waals surface area contributed by atoms with Crippen molar-refractivity contribution in [3.8, 4) is 0 Å². The number of nitrogens with zero attached hydrogens (tertiary/aromatic N) is 1. The van der Waals surface area contributed by atoms with Crippen LogP contribution >= 0.6 is 0 Å². The number of amides is 1. The maximum Gasteiger partial charge on any atom is 0.251 e. The van der Waals surface area contributed by atoms with E-state index in [4.69, 9.17) is 9.47 Å². The molecule has 0 spiro atoms. The summed E-state index contributed by atoms with van der Waals surface area (Å²) in [5.74, 6) is -0.193. The quantitative estimate of drug-likeness (QED) is 0.792. The second-order valence-electron chi connectivity index (χ2n) is 6.92. The van der Waals surface area contributed by atoms with E-state index in [9.17, 15) is 13.2 Å². The molecule has 0 bridgehead atoms. The van der Waals surface area contributed by atoms with Crippen molar-refractivity contribution in [2.45, 2.75) is 56.3 Å². The summed E-state index contributed by atoms with van der Waals surface area (Å²) < 4.78 is 37.9. The molecule has 0 unspecified atom stereocenters. The molecule has 1 saturated carbocycles. The van der Waals surface area contributed by atoms with Crippen LogP contribution in [0.3, 0.4) is 0 Å². The third-order valence-corrected chi connectivity index (χ3v) is 7.34. The fourth-order valence-corrected chi connectivity index (χ4v) is 5.22. The molecule has 7 nitrogen and oxygen atoms in total. The molecule has 3 rings (SSSR count). The standard InChI is InChI=1S/C19H28N2O5S/c1-3-21(4-2)27(23,24)16-8-5-14(6-9-16)19(22)20-15-7-10-17-18(13-15)26-12-11-25-17/h5-6,8-9,15,17-18H,3-4,7,10-13H2,1-2H3,(H,20,22)/t15-,17+,18-/m1/s1. The smallest absolute Gasteiger partial charge is 0.251 e. The maximum absolute atomic E-state index is 12.5. The number of sulfonamides is 1. The lowest BCUT2D eigenvalue weighted by atomic mass is 9.89. The predicted octanol–water partition coefficient (Wildman–Crippen LogP) is 1.78. The van der Waals surface area contributed by atoms with Crippen molar-refractivity contribution in [1.82, 2.24) is 9.62 Å². The Balaban J connectivity index is 1.62. The van der Waals surface area contributed by atoms with Gasteiger partial charge in [-0.05, 0) is 43.5 Å². The molecule has 1 aliphatic carbocycles. The number of ether oxygens (including phenoxy) is 2. The molecule has 1 aromatic rings. The molecule has 8 heteroatoms. The highest BCUT2D eigenvalue weighted by Gasteiger charge is 2.34. The van der Waals surface area contributed by atoms with E-state index in [0.717, 1.165) is 19.3 Å². The summed E-state index contributed by atoms with van der Waals surface area (Å²) >= 11 is 0. The molecule has 0 aromatic heterocycles. The Morgan fingerprint density at radius 2 is 1.70 bits per heavy atom. The molecule has 2 aliphatic rings. The van der Waals surface area contributed by atoms with Crippen LogP contribution in [0.2, 0.25) is 0 Å². The highest BCUT2D eigenvalue weighted by molar-refractivity contribution is 7.89. The highest BCUT2D eigenvalue weighted by Crippen LogP contribution is 2.27. The Bertz CT molecular complexity index is 746. The first-order valence-corrected chi connectivity index (χ1v) is 11.0. The van der Waals surface area contributed by atoms with Gasteiger partial charge in [0.15, 0.2) is 0 Å². The van der Waals surface area contributed by atoms with Crippen LogP contribution in [-0.4, -0.2) is 63.2 Å². The van der Waals surface area contributed by atoms with Gasteiger partial charge >= 0.3 is 0 Å². The van der Waals surface area contributed by atoms with Crippen LogP contribution in [-0.2, 0) is 19.5 Å². The Morgan fingerprint density at radius 3 is 2.33 bits per heavy atom. The van der Waals surface area contributed by atoms with E-state index in [1.54, 1.807) is 26.0 Å². The van der Waals surface area contributed by atoms with Gasteiger partial charge in [0, 0.05) is 24.7 Å². The fourth-order valence-electron chi connectivity index (χ4n) is 3.76. The summed E-state index contributed by atoms with van der Waals surface area (Å²) in [4.78, 5) is 12.7. The number of carbonyl (C=O) groups is 1. The van der Waals surface area contributed by atoms with E-state index in [1.807, 2.05) is 0 Å². The van der Waals surface area contributed by atoms with Crippen LogP contribution in [0.1, 0.15) is 43.5 Å². The highest BCUT2D eigenvalue weighted by atomic mass is 32.2. The van der Waals surface area contributed by atoms with E-state index in [0.29, 0.717) is 31.9 Å². The lowest BCUT2D eigenvalue weighted by molar-refractivity contribution is -0.157. The Labute approximate surface area is 161 Å². The number of rotatable bonds is 6. The van der Waals surface area contributed by atoms with Crippen molar-refractivity contribution in [3.63, 3.8) is 0 Å². The van der Waals surface area contributed by atoms with E-state index in [-0.39, 0.29) is 29.1 Å². The summed E-state index contributed by atoms with van der Waals surface area (Å²) in [5.41, 5.74) is 0.455. The van der Waals surface area contributed by atoms with Gasteiger partial charge in [-0.25, -0.2) is 8.42 Å². The minimum atomic E-state index is -3.51. The number of hydrogen-bond acceptors (Lipinski definition) is 5. The van der Waals surface area contributed by atoms with Crippen molar-refractivity contribution < 1.29 is 22.7 Å². The van der Waals surface area contributed by atoms with E-state index in [1.165, 1.54) is 16.4 Å². The van der Waals surface area contributed by atoms with Crippen LogP contribution in [0.25, 0.3) is 0 Å². The number of nitrogens with one attached hydrogen (secondary N) is 1. The molecule has 1 aliphatic heterocycles. The first kappa shape index (κ1) is 20.3. The van der Waals surface area contributed by atoms with Crippen molar-refractivity contribution >= 4 is 15.9 Å². The lowest BCUT2D eigenvalue weighted by Crippen LogP contribution is -2.49. The zero-order valence-electron chi connectivity index (χ0n) is 15.9. The van der Waals surface area contributed by atoms with Gasteiger partial charge in [-0.1, -0.05) is 13.8 Å². The first-order chi connectivity index (χ1) is 13.0. The van der Waals surface area contributed by atoms with Crippen molar-refractivity contribution in [3.05, 3.63) is 29.8 Å². The van der Waals surface area contributed by atoms with Crippen LogP contribution in [0.4, 0.5) is 0 Å². The van der Waals surface area contributed by atoms with E-state index in [2.05, 4.69) is 5.32 Å². The summed E-state index contributed by atoms with van der Waals surface area (Å²) in [7, 11) is -3.51. The van der Waals surface area contributed by atoms with E-state index < -0.39 is 10.0 Å². The fraction of sp³-hybridized carbons (Fsp3) is 0.632. The topological polar surface area (TPSA) is 84.9 Å². The lowest BCUT2D eigenvalue weighted by Gasteiger charge is -2.39. The van der Waals surface area contributed by atoms with Gasteiger partial charge in [-0.15, -0.1) is 0 Å². The number of carbonyl (C=O) groups excluding carboxylic acids is 1. The molecule has 1 amide bonds. The van der Waals surface area contributed by atoms with Gasteiger partial charge in [-0.2, -0.15) is 4.31 Å². The normalized spacial score (nSPS) is 25.8. The number of hydrogen-bond donors (Lipinski definition) is 1. The zero-order valence-corrected chi connectivity index (χ0v) is 16.7. The Hall–Kier alpha value is -1.48. The molecule has 1 N–H and O–H groups in total. The third-order valence-electron chi connectivity index (χ3n) is 5.27. The van der Waals surface area contributed by atoms with Crippen LogP contribution in [0, 0.1) is 0 Å². The number of fused-ring (bicyclic) bond motifs is 1. The Kier molecular flexibility index (Phi) is 6.52. The molecule has 27 heavy (non-hydrogen) atoms. The molecular weight excluding hydrogens is 368 g/mol. The van der Waals surface area contributed by atoms with Crippen LogP contribution < -0.4 is 5.32 Å². The SMILES string of the molecule is CCN(CC)S(=O)(=O)c1ccc(C(=O)N[C@@H]2CC[C@@H]3OCCO[C@@H]3C2)cc1. The summed E-state index contributed by atoms with van der Waals surface area (Å²) in [6.45, 7) is 5.68.